The summed E-state index contributed by atoms with van der Waals surface area (Å²) in [6.45, 7) is 5.47. The molecule has 1 aliphatic heterocycles. The van der Waals surface area contributed by atoms with E-state index in [2.05, 4.69) is 56.7 Å². The molecule has 2 heterocycles. The number of anilines is 4. The van der Waals surface area contributed by atoms with Crippen LogP contribution in [0.2, 0.25) is 0 Å². The fourth-order valence-corrected chi connectivity index (χ4v) is 2.97. The van der Waals surface area contributed by atoms with Gasteiger partial charge >= 0.3 is 0 Å². The monoisotopic (exact) mass is 325 g/mol. The van der Waals surface area contributed by atoms with E-state index in [4.69, 9.17) is 0 Å². The highest BCUT2D eigenvalue weighted by Crippen LogP contribution is 2.23. The van der Waals surface area contributed by atoms with E-state index < -0.39 is 0 Å². The maximum atomic E-state index is 4.52. The minimum Gasteiger partial charge on any atom is -0.372 e. The first-order valence-electron chi connectivity index (χ1n) is 9.04. The Balaban J connectivity index is 1.57. The molecule has 0 spiro atoms. The predicted octanol–water partition coefficient (Wildman–Crippen LogP) is 4.42. The lowest BCUT2D eigenvalue weighted by Crippen LogP contribution is -2.17. The fraction of sp³-hybridized carbons (Fsp3) is 0.474. The Hall–Kier alpha value is -2.30. The van der Waals surface area contributed by atoms with Gasteiger partial charge in [-0.15, -0.1) is 0 Å². The second-order valence-electron chi connectivity index (χ2n) is 6.27. The Morgan fingerprint density at radius 3 is 2.58 bits per heavy atom. The van der Waals surface area contributed by atoms with E-state index in [9.17, 15) is 0 Å². The molecule has 24 heavy (non-hydrogen) atoms. The fourth-order valence-electron chi connectivity index (χ4n) is 2.97. The molecule has 0 radical (unpaired) electrons. The summed E-state index contributed by atoms with van der Waals surface area (Å²) in [4.78, 5) is 11.2. The van der Waals surface area contributed by atoms with Crippen LogP contribution in [0.5, 0.6) is 0 Å². The van der Waals surface area contributed by atoms with Crippen molar-refractivity contribution in [3.05, 3.63) is 36.5 Å². The van der Waals surface area contributed by atoms with Crippen LogP contribution >= 0.6 is 0 Å². The Labute approximate surface area is 144 Å². The Morgan fingerprint density at radius 2 is 1.83 bits per heavy atom. The van der Waals surface area contributed by atoms with Gasteiger partial charge in [0, 0.05) is 37.2 Å². The molecule has 3 rings (SSSR count). The summed E-state index contributed by atoms with van der Waals surface area (Å²) < 4.78 is 0. The SMILES string of the molecule is CCCCCNc1nccc(Nc2ccc(N3CCCC3)cc2)n1. The highest BCUT2D eigenvalue weighted by atomic mass is 15.1. The highest BCUT2D eigenvalue weighted by molar-refractivity contribution is 5.61. The number of benzene rings is 1. The Kier molecular flexibility index (Phi) is 5.88. The largest absolute Gasteiger partial charge is 0.372 e. The van der Waals surface area contributed by atoms with Gasteiger partial charge in [-0.3, -0.25) is 0 Å². The number of hydrogen-bond donors (Lipinski definition) is 2. The standard InChI is InChI=1S/C19H27N5/c1-2-3-4-12-20-19-21-13-11-18(23-19)22-16-7-9-17(10-8-16)24-14-5-6-15-24/h7-11,13H,2-6,12,14-15H2,1H3,(H2,20,21,22,23). The second kappa shape index (κ2) is 8.52. The molecule has 0 saturated carbocycles. The van der Waals surface area contributed by atoms with Crippen molar-refractivity contribution in [1.29, 1.82) is 0 Å². The minimum atomic E-state index is 0.685. The van der Waals surface area contributed by atoms with E-state index in [-0.39, 0.29) is 0 Å². The molecule has 0 atom stereocenters. The van der Waals surface area contributed by atoms with Crippen LogP contribution in [0.15, 0.2) is 36.5 Å². The molecule has 1 saturated heterocycles. The van der Waals surface area contributed by atoms with Crippen molar-refractivity contribution in [2.45, 2.75) is 39.0 Å². The zero-order valence-electron chi connectivity index (χ0n) is 14.5. The van der Waals surface area contributed by atoms with E-state index in [0.29, 0.717) is 5.95 Å². The first-order valence-corrected chi connectivity index (χ1v) is 9.04. The summed E-state index contributed by atoms with van der Waals surface area (Å²) >= 11 is 0. The molecule has 1 fully saturated rings. The smallest absolute Gasteiger partial charge is 0.224 e. The molecular formula is C19H27N5. The minimum absolute atomic E-state index is 0.685. The third kappa shape index (κ3) is 4.60. The summed E-state index contributed by atoms with van der Waals surface area (Å²) in [5.41, 5.74) is 2.35. The Bertz CT molecular complexity index is 620. The number of nitrogens with zero attached hydrogens (tertiary/aromatic N) is 3. The van der Waals surface area contributed by atoms with Gasteiger partial charge in [-0.25, -0.2) is 4.98 Å². The van der Waals surface area contributed by atoms with Crippen molar-refractivity contribution in [3.63, 3.8) is 0 Å². The summed E-state index contributed by atoms with van der Waals surface area (Å²) in [6.07, 6.45) is 7.99. The predicted molar refractivity (Wildman–Crippen MR) is 101 cm³/mol. The van der Waals surface area contributed by atoms with Crippen LogP contribution in [0.3, 0.4) is 0 Å². The summed E-state index contributed by atoms with van der Waals surface area (Å²) in [5.74, 6) is 1.50. The first-order chi connectivity index (χ1) is 11.8. The second-order valence-corrected chi connectivity index (χ2v) is 6.27. The molecule has 2 N–H and O–H groups in total. The zero-order chi connectivity index (χ0) is 16.6. The topological polar surface area (TPSA) is 53.1 Å². The molecule has 0 amide bonds. The first kappa shape index (κ1) is 16.6. The van der Waals surface area contributed by atoms with Crippen LogP contribution in [0.1, 0.15) is 39.0 Å². The average Bonchev–Trinajstić information content (AvgIpc) is 3.14. The van der Waals surface area contributed by atoms with E-state index in [1.54, 1.807) is 6.20 Å². The highest BCUT2D eigenvalue weighted by Gasteiger charge is 2.11. The van der Waals surface area contributed by atoms with Crippen molar-refractivity contribution < 1.29 is 0 Å². The lowest BCUT2D eigenvalue weighted by atomic mass is 10.2. The average molecular weight is 325 g/mol. The van der Waals surface area contributed by atoms with Gasteiger partial charge in [0.25, 0.3) is 0 Å². The van der Waals surface area contributed by atoms with Crippen LogP contribution in [0.4, 0.5) is 23.1 Å². The van der Waals surface area contributed by atoms with Crippen LogP contribution < -0.4 is 15.5 Å². The molecule has 1 aromatic heterocycles. The molecule has 1 aromatic carbocycles. The zero-order valence-corrected chi connectivity index (χ0v) is 14.5. The summed E-state index contributed by atoms with van der Waals surface area (Å²) in [5, 5.41) is 6.64. The van der Waals surface area contributed by atoms with Crippen LogP contribution in [0, 0.1) is 0 Å². The van der Waals surface area contributed by atoms with Crippen molar-refractivity contribution in [3.8, 4) is 0 Å². The molecule has 1 aliphatic rings. The van der Waals surface area contributed by atoms with E-state index in [1.165, 1.54) is 44.5 Å². The lowest BCUT2D eigenvalue weighted by molar-refractivity contribution is 0.740. The Morgan fingerprint density at radius 1 is 1.04 bits per heavy atom. The normalized spacial score (nSPS) is 14.0. The molecule has 2 aromatic rings. The number of nitrogens with one attached hydrogen (secondary N) is 2. The van der Waals surface area contributed by atoms with Gasteiger partial charge in [0.05, 0.1) is 0 Å². The van der Waals surface area contributed by atoms with Gasteiger partial charge in [0.1, 0.15) is 5.82 Å². The van der Waals surface area contributed by atoms with E-state index >= 15 is 0 Å². The molecule has 0 bridgehead atoms. The van der Waals surface area contributed by atoms with Crippen molar-refractivity contribution >= 4 is 23.1 Å². The van der Waals surface area contributed by atoms with Gasteiger partial charge in [0.15, 0.2) is 0 Å². The van der Waals surface area contributed by atoms with Crippen LogP contribution in [0.25, 0.3) is 0 Å². The summed E-state index contributed by atoms with van der Waals surface area (Å²) in [6, 6.07) is 10.5. The lowest BCUT2D eigenvalue weighted by Gasteiger charge is -2.18. The molecule has 0 aliphatic carbocycles. The van der Waals surface area contributed by atoms with Crippen molar-refractivity contribution in [2.75, 3.05) is 35.2 Å². The molecule has 5 nitrogen and oxygen atoms in total. The maximum absolute atomic E-state index is 4.52. The number of rotatable bonds is 8. The molecule has 0 unspecified atom stereocenters. The van der Waals surface area contributed by atoms with Crippen LogP contribution in [-0.2, 0) is 0 Å². The number of hydrogen-bond acceptors (Lipinski definition) is 5. The van der Waals surface area contributed by atoms with Crippen molar-refractivity contribution in [1.82, 2.24) is 9.97 Å². The quantitative estimate of drug-likeness (QED) is 0.704. The molecular weight excluding hydrogens is 298 g/mol. The van der Waals surface area contributed by atoms with Gasteiger partial charge in [0.2, 0.25) is 5.95 Å². The van der Waals surface area contributed by atoms with E-state index in [0.717, 1.165) is 24.5 Å². The van der Waals surface area contributed by atoms with Crippen LogP contribution in [-0.4, -0.2) is 29.6 Å². The van der Waals surface area contributed by atoms with E-state index in [1.807, 2.05) is 6.07 Å². The van der Waals surface area contributed by atoms with Gasteiger partial charge in [-0.1, -0.05) is 19.8 Å². The van der Waals surface area contributed by atoms with Gasteiger partial charge in [-0.2, -0.15) is 4.98 Å². The maximum Gasteiger partial charge on any atom is 0.224 e. The third-order valence-electron chi connectivity index (χ3n) is 4.33. The molecule has 128 valence electrons. The molecule has 5 heteroatoms. The number of unbranched alkanes of at least 4 members (excludes halogenated alkanes) is 2. The van der Waals surface area contributed by atoms with Gasteiger partial charge in [-0.05, 0) is 49.6 Å². The van der Waals surface area contributed by atoms with Gasteiger partial charge < -0.3 is 15.5 Å². The summed E-state index contributed by atoms with van der Waals surface area (Å²) in [7, 11) is 0. The number of aromatic nitrogens is 2. The van der Waals surface area contributed by atoms with Crippen molar-refractivity contribution in [2.24, 2.45) is 0 Å². The third-order valence-corrected chi connectivity index (χ3v) is 4.33.